The Balaban J connectivity index is 0.00000300. The summed E-state index contributed by atoms with van der Waals surface area (Å²) in [7, 11) is 0. The number of anilines is 1. The van der Waals surface area contributed by atoms with Crippen molar-refractivity contribution < 1.29 is 0 Å². The first-order valence-corrected chi connectivity index (χ1v) is 9.68. The van der Waals surface area contributed by atoms with Gasteiger partial charge in [0.15, 0.2) is 11.8 Å². The number of aliphatic imine (C=N–C) groups is 1. The minimum atomic E-state index is 0. The van der Waals surface area contributed by atoms with Gasteiger partial charge in [0.25, 0.3) is 0 Å². The molecule has 3 rings (SSSR count). The zero-order valence-electron chi connectivity index (χ0n) is 17.4. The first kappa shape index (κ1) is 22.9. The second-order valence-electron chi connectivity index (χ2n) is 6.85. The van der Waals surface area contributed by atoms with Crippen molar-refractivity contribution in [2.45, 2.75) is 47.1 Å². The summed E-state index contributed by atoms with van der Waals surface area (Å²) < 4.78 is 1.84. The molecule has 2 aromatic heterocycles. The monoisotopic (exact) mass is 504 g/mol. The molecule has 3 N–H and O–H groups in total. The zero-order valence-corrected chi connectivity index (χ0v) is 19.8. The van der Waals surface area contributed by atoms with Gasteiger partial charge in [0.2, 0.25) is 0 Å². The molecule has 0 saturated carbocycles. The van der Waals surface area contributed by atoms with E-state index < -0.39 is 0 Å². The number of nitrogens with one attached hydrogen (secondary N) is 1. The van der Waals surface area contributed by atoms with Gasteiger partial charge in [-0.1, -0.05) is 38.1 Å². The van der Waals surface area contributed by atoms with Gasteiger partial charge in [-0.15, -0.1) is 24.0 Å². The molecular formula is C22H29IN6. The predicted octanol–water partition coefficient (Wildman–Crippen LogP) is 4.55. The van der Waals surface area contributed by atoms with E-state index in [1.165, 1.54) is 11.1 Å². The fraction of sp³-hybridized carbons (Fsp3) is 0.318. The Bertz CT molecular complexity index is 953. The first-order valence-electron chi connectivity index (χ1n) is 9.68. The SMILES string of the molecule is CCc1cccc(CC)c1NC(N)=NCc1ccc(-n2nc(C)cc2C)nc1.I. The minimum Gasteiger partial charge on any atom is -0.370 e. The van der Waals surface area contributed by atoms with Crippen molar-refractivity contribution >= 4 is 35.6 Å². The summed E-state index contributed by atoms with van der Waals surface area (Å²) >= 11 is 0. The van der Waals surface area contributed by atoms with Crippen LogP contribution >= 0.6 is 24.0 Å². The third kappa shape index (κ3) is 5.56. The summed E-state index contributed by atoms with van der Waals surface area (Å²) in [4.78, 5) is 9.00. The van der Waals surface area contributed by atoms with Crippen molar-refractivity contribution in [1.29, 1.82) is 0 Å². The molecule has 6 nitrogen and oxygen atoms in total. The van der Waals surface area contributed by atoms with E-state index in [-0.39, 0.29) is 24.0 Å². The zero-order chi connectivity index (χ0) is 20.1. The number of nitrogens with two attached hydrogens (primary N) is 1. The molecule has 0 bridgehead atoms. The Morgan fingerprint density at radius 2 is 1.79 bits per heavy atom. The Kier molecular flexibility index (Phi) is 8.19. The smallest absolute Gasteiger partial charge is 0.193 e. The van der Waals surface area contributed by atoms with Gasteiger partial charge in [0, 0.05) is 17.6 Å². The lowest BCUT2D eigenvalue weighted by atomic mass is 10.0. The molecule has 29 heavy (non-hydrogen) atoms. The van der Waals surface area contributed by atoms with Crippen LogP contribution in [0.2, 0.25) is 0 Å². The highest BCUT2D eigenvalue weighted by Gasteiger charge is 2.08. The summed E-state index contributed by atoms with van der Waals surface area (Å²) in [6.45, 7) is 8.75. The molecule has 0 aliphatic heterocycles. The van der Waals surface area contributed by atoms with Crippen LogP contribution in [-0.2, 0) is 19.4 Å². The van der Waals surface area contributed by atoms with Crippen LogP contribution in [0.1, 0.15) is 41.9 Å². The standard InChI is InChI=1S/C22H28N6.HI/c1-5-18-8-7-9-19(6-2)21(18)26-22(23)25-14-17-10-11-20(24-13-17)28-16(4)12-15(3)27-28;/h7-13H,5-6,14H2,1-4H3,(H3,23,25,26);1H. The molecule has 0 amide bonds. The molecule has 2 heterocycles. The molecule has 154 valence electrons. The second kappa shape index (κ2) is 10.4. The average molecular weight is 504 g/mol. The van der Waals surface area contributed by atoms with Gasteiger partial charge in [-0.25, -0.2) is 14.7 Å². The number of nitrogens with zero attached hydrogens (tertiary/aromatic N) is 4. The summed E-state index contributed by atoms with van der Waals surface area (Å²) in [6, 6.07) is 12.3. The molecule has 0 saturated heterocycles. The Hall–Kier alpha value is -2.42. The molecular weight excluding hydrogens is 475 g/mol. The van der Waals surface area contributed by atoms with Gasteiger partial charge in [-0.3, -0.25) is 0 Å². The van der Waals surface area contributed by atoms with E-state index in [0.29, 0.717) is 12.5 Å². The minimum absolute atomic E-state index is 0. The molecule has 0 fully saturated rings. The lowest BCUT2D eigenvalue weighted by Crippen LogP contribution is -2.24. The van der Waals surface area contributed by atoms with E-state index in [2.05, 4.69) is 52.4 Å². The predicted molar refractivity (Wildman–Crippen MR) is 130 cm³/mol. The number of benzene rings is 1. The van der Waals surface area contributed by atoms with Gasteiger partial charge in [-0.05, 0) is 55.5 Å². The highest BCUT2D eigenvalue weighted by Crippen LogP contribution is 2.22. The Morgan fingerprint density at radius 1 is 1.10 bits per heavy atom. The third-order valence-electron chi connectivity index (χ3n) is 4.72. The molecule has 7 heteroatoms. The maximum absolute atomic E-state index is 6.15. The molecule has 0 radical (unpaired) electrons. The number of aryl methyl sites for hydroxylation is 4. The van der Waals surface area contributed by atoms with E-state index in [9.17, 15) is 0 Å². The van der Waals surface area contributed by atoms with Gasteiger partial charge in [0.1, 0.15) is 0 Å². The van der Waals surface area contributed by atoms with Gasteiger partial charge < -0.3 is 11.1 Å². The fourth-order valence-electron chi connectivity index (χ4n) is 3.24. The van der Waals surface area contributed by atoms with Crippen molar-refractivity contribution in [1.82, 2.24) is 14.8 Å². The van der Waals surface area contributed by atoms with E-state index in [4.69, 9.17) is 5.73 Å². The van der Waals surface area contributed by atoms with Crippen molar-refractivity contribution in [2.75, 3.05) is 5.32 Å². The summed E-state index contributed by atoms with van der Waals surface area (Å²) in [5.41, 5.74) is 12.7. The van der Waals surface area contributed by atoms with E-state index in [0.717, 1.165) is 41.3 Å². The highest BCUT2D eigenvalue weighted by atomic mass is 127. The van der Waals surface area contributed by atoms with Gasteiger partial charge in [-0.2, -0.15) is 5.10 Å². The molecule has 0 atom stereocenters. The maximum atomic E-state index is 6.15. The number of guanidine groups is 1. The van der Waals surface area contributed by atoms with E-state index in [1.54, 1.807) is 0 Å². The quantitative estimate of drug-likeness (QED) is 0.293. The van der Waals surface area contributed by atoms with Gasteiger partial charge >= 0.3 is 0 Å². The van der Waals surface area contributed by atoms with E-state index in [1.807, 2.05) is 42.9 Å². The molecule has 0 aliphatic rings. The fourth-order valence-corrected chi connectivity index (χ4v) is 3.24. The summed E-state index contributed by atoms with van der Waals surface area (Å²) in [6.07, 6.45) is 3.71. The van der Waals surface area contributed by atoms with Crippen LogP contribution in [0.25, 0.3) is 5.82 Å². The van der Waals surface area contributed by atoms with Crippen LogP contribution in [0.15, 0.2) is 47.6 Å². The normalized spacial score (nSPS) is 11.2. The van der Waals surface area contributed by atoms with Crippen molar-refractivity contribution in [2.24, 2.45) is 10.7 Å². The van der Waals surface area contributed by atoms with Crippen LogP contribution in [0.5, 0.6) is 0 Å². The number of para-hydroxylation sites is 1. The van der Waals surface area contributed by atoms with Crippen LogP contribution in [0.3, 0.4) is 0 Å². The number of rotatable bonds is 6. The van der Waals surface area contributed by atoms with Crippen LogP contribution in [-0.4, -0.2) is 20.7 Å². The Morgan fingerprint density at radius 3 is 2.31 bits per heavy atom. The number of hydrogen-bond donors (Lipinski definition) is 2. The summed E-state index contributed by atoms with van der Waals surface area (Å²) in [5.74, 6) is 1.21. The molecule has 1 aromatic carbocycles. The van der Waals surface area contributed by atoms with Crippen LogP contribution in [0.4, 0.5) is 5.69 Å². The molecule has 0 aliphatic carbocycles. The largest absolute Gasteiger partial charge is 0.370 e. The van der Waals surface area contributed by atoms with Crippen LogP contribution < -0.4 is 11.1 Å². The van der Waals surface area contributed by atoms with Crippen molar-refractivity contribution in [3.8, 4) is 5.82 Å². The topological polar surface area (TPSA) is 81.1 Å². The van der Waals surface area contributed by atoms with Gasteiger partial charge in [0.05, 0.1) is 12.2 Å². The van der Waals surface area contributed by atoms with Crippen molar-refractivity contribution in [3.05, 3.63) is 70.7 Å². The molecule has 0 unspecified atom stereocenters. The lowest BCUT2D eigenvalue weighted by Gasteiger charge is -2.14. The molecule has 0 spiro atoms. The average Bonchev–Trinajstić information content (AvgIpc) is 3.05. The first-order chi connectivity index (χ1) is 13.5. The second-order valence-corrected chi connectivity index (χ2v) is 6.85. The van der Waals surface area contributed by atoms with E-state index >= 15 is 0 Å². The Labute approximate surface area is 189 Å². The number of aromatic nitrogens is 3. The number of halogens is 1. The molecule has 3 aromatic rings. The number of pyridine rings is 1. The number of hydrogen-bond acceptors (Lipinski definition) is 3. The highest BCUT2D eigenvalue weighted by molar-refractivity contribution is 14.0. The third-order valence-corrected chi connectivity index (χ3v) is 4.72. The van der Waals surface area contributed by atoms with Crippen LogP contribution in [0, 0.1) is 13.8 Å². The summed E-state index contributed by atoms with van der Waals surface area (Å²) in [5, 5.41) is 7.75. The lowest BCUT2D eigenvalue weighted by molar-refractivity contribution is 0.803. The maximum Gasteiger partial charge on any atom is 0.193 e. The van der Waals surface area contributed by atoms with Crippen molar-refractivity contribution in [3.63, 3.8) is 0 Å².